The number of halogens is 1. The van der Waals surface area contributed by atoms with Gasteiger partial charge in [-0.1, -0.05) is 53.7 Å². The molecule has 0 unspecified atom stereocenters. The van der Waals surface area contributed by atoms with Crippen molar-refractivity contribution in [2.45, 2.75) is 38.9 Å². The molecule has 0 bridgehead atoms. The van der Waals surface area contributed by atoms with E-state index in [2.05, 4.69) is 15.6 Å². The van der Waals surface area contributed by atoms with Crippen molar-refractivity contribution in [3.05, 3.63) is 90.2 Å². The van der Waals surface area contributed by atoms with E-state index >= 15 is 4.39 Å². The Bertz CT molecular complexity index is 1310. The van der Waals surface area contributed by atoms with Gasteiger partial charge in [-0.05, 0) is 51.1 Å². The average molecular weight is 460 g/mol. The second-order valence-corrected chi connectivity index (χ2v) is 9.00. The number of fused-ring (bicyclic) bond motifs is 1. The highest BCUT2D eigenvalue weighted by molar-refractivity contribution is 6.01. The van der Waals surface area contributed by atoms with Crippen LogP contribution in [0.1, 0.15) is 32.4 Å². The Morgan fingerprint density at radius 2 is 1.62 bits per heavy atom. The molecule has 8 heteroatoms. The van der Waals surface area contributed by atoms with Crippen LogP contribution in [0.25, 0.3) is 11.0 Å². The summed E-state index contributed by atoms with van der Waals surface area (Å²) < 4.78 is 16.5. The monoisotopic (exact) mass is 459 g/mol. The first-order chi connectivity index (χ1) is 16.2. The maximum absolute atomic E-state index is 15.0. The number of aromatic nitrogens is 3. The molecule has 7 nitrogen and oxygen atoms in total. The SMILES string of the molecule is CC(C)(C)NC(=O)[C@H](c1ccccc1F)N(C(=O)Cn1nnc2ccccc21)c1ccccc1. The van der Waals surface area contributed by atoms with Crippen molar-refractivity contribution in [1.29, 1.82) is 0 Å². The standard InChI is InChI=1S/C26H26FN5O2/c1-26(2,3)28-25(34)24(19-13-7-8-14-20(19)27)32(18-11-5-4-6-12-18)23(33)17-31-22-16-10-9-15-21(22)29-30-31/h4-16,24H,17H2,1-3H3,(H,28,34)/t24-/m0/s1. The van der Waals surface area contributed by atoms with Gasteiger partial charge in [-0.25, -0.2) is 9.07 Å². The predicted molar refractivity (Wildman–Crippen MR) is 128 cm³/mol. The zero-order valence-corrected chi connectivity index (χ0v) is 19.3. The van der Waals surface area contributed by atoms with Crippen LogP contribution >= 0.6 is 0 Å². The van der Waals surface area contributed by atoms with Gasteiger partial charge in [0, 0.05) is 16.8 Å². The normalized spacial score (nSPS) is 12.4. The molecule has 2 amide bonds. The van der Waals surface area contributed by atoms with Crippen molar-refractivity contribution in [3.8, 4) is 0 Å². The summed E-state index contributed by atoms with van der Waals surface area (Å²) in [6.07, 6.45) is 0. The summed E-state index contributed by atoms with van der Waals surface area (Å²) in [4.78, 5) is 28.7. The first-order valence-corrected chi connectivity index (χ1v) is 11.0. The summed E-state index contributed by atoms with van der Waals surface area (Å²) in [5.74, 6) is -1.49. The molecule has 0 aliphatic rings. The first kappa shape index (κ1) is 23.1. The van der Waals surface area contributed by atoms with E-state index in [0.29, 0.717) is 16.7 Å². The van der Waals surface area contributed by atoms with E-state index in [4.69, 9.17) is 0 Å². The zero-order chi connectivity index (χ0) is 24.3. The van der Waals surface area contributed by atoms with Gasteiger partial charge in [0.25, 0.3) is 0 Å². The van der Waals surface area contributed by atoms with Crippen LogP contribution in [0.15, 0.2) is 78.9 Å². The second-order valence-electron chi connectivity index (χ2n) is 9.00. The number of carbonyl (C=O) groups is 2. The molecule has 1 heterocycles. The molecule has 0 spiro atoms. The lowest BCUT2D eigenvalue weighted by atomic mass is 10.00. The molecule has 0 fully saturated rings. The van der Waals surface area contributed by atoms with Crippen LogP contribution in [0.2, 0.25) is 0 Å². The van der Waals surface area contributed by atoms with Gasteiger partial charge in [-0.15, -0.1) is 5.10 Å². The molecule has 34 heavy (non-hydrogen) atoms. The van der Waals surface area contributed by atoms with Crippen LogP contribution in [-0.2, 0) is 16.1 Å². The highest BCUT2D eigenvalue weighted by atomic mass is 19.1. The Morgan fingerprint density at radius 3 is 2.32 bits per heavy atom. The van der Waals surface area contributed by atoms with Gasteiger partial charge in [0.1, 0.15) is 23.9 Å². The van der Waals surface area contributed by atoms with Crippen LogP contribution < -0.4 is 10.2 Å². The van der Waals surface area contributed by atoms with Crippen molar-refractivity contribution >= 4 is 28.5 Å². The molecule has 4 rings (SSSR count). The Morgan fingerprint density at radius 1 is 0.971 bits per heavy atom. The molecule has 1 N–H and O–H groups in total. The van der Waals surface area contributed by atoms with Gasteiger partial charge in [-0.2, -0.15) is 0 Å². The number of nitrogens with one attached hydrogen (secondary N) is 1. The molecule has 1 atom stereocenters. The molecule has 0 radical (unpaired) electrons. The summed E-state index contributed by atoms with van der Waals surface area (Å²) in [6, 6.07) is 20.8. The minimum absolute atomic E-state index is 0.102. The lowest BCUT2D eigenvalue weighted by Crippen LogP contribution is -2.50. The molecule has 4 aromatic rings. The van der Waals surface area contributed by atoms with Crippen LogP contribution in [0, 0.1) is 5.82 Å². The number of amides is 2. The summed E-state index contributed by atoms with van der Waals surface area (Å²) in [6.45, 7) is 5.32. The molecule has 174 valence electrons. The lowest BCUT2D eigenvalue weighted by Gasteiger charge is -2.34. The van der Waals surface area contributed by atoms with Crippen molar-refractivity contribution in [1.82, 2.24) is 20.3 Å². The molecule has 1 aromatic heterocycles. The van der Waals surface area contributed by atoms with E-state index in [1.54, 1.807) is 42.5 Å². The second kappa shape index (κ2) is 9.43. The van der Waals surface area contributed by atoms with Crippen molar-refractivity contribution in [2.24, 2.45) is 0 Å². The molecular formula is C26H26FN5O2. The highest BCUT2D eigenvalue weighted by Crippen LogP contribution is 2.30. The van der Waals surface area contributed by atoms with E-state index in [1.165, 1.54) is 21.7 Å². The smallest absolute Gasteiger partial charge is 0.249 e. The number of anilines is 1. The van der Waals surface area contributed by atoms with Gasteiger partial charge in [0.05, 0.1) is 5.52 Å². The fourth-order valence-electron chi connectivity index (χ4n) is 3.80. The van der Waals surface area contributed by atoms with Gasteiger partial charge in [0.15, 0.2) is 0 Å². The number of benzene rings is 3. The van der Waals surface area contributed by atoms with Crippen LogP contribution in [0.4, 0.5) is 10.1 Å². The van der Waals surface area contributed by atoms with Crippen molar-refractivity contribution in [2.75, 3.05) is 4.90 Å². The maximum atomic E-state index is 15.0. The van der Waals surface area contributed by atoms with Gasteiger partial charge in [0.2, 0.25) is 11.8 Å². The topological polar surface area (TPSA) is 80.1 Å². The third kappa shape index (κ3) is 4.96. The van der Waals surface area contributed by atoms with Crippen molar-refractivity contribution in [3.63, 3.8) is 0 Å². The average Bonchev–Trinajstić information content (AvgIpc) is 3.20. The number of rotatable bonds is 6. The molecule has 3 aromatic carbocycles. The molecule has 0 saturated carbocycles. The van der Waals surface area contributed by atoms with E-state index in [1.807, 2.05) is 45.0 Å². The summed E-state index contributed by atoms with van der Waals surface area (Å²) in [5, 5.41) is 11.1. The third-order valence-electron chi connectivity index (χ3n) is 5.21. The number of para-hydroxylation sites is 2. The Kier molecular flexibility index (Phi) is 6.40. The zero-order valence-electron chi connectivity index (χ0n) is 19.3. The number of hydrogen-bond donors (Lipinski definition) is 1. The molecular weight excluding hydrogens is 433 g/mol. The maximum Gasteiger partial charge on any atom is 0.249 e. The number of nitrogens with zero attached hydrogens (tertiary/aromatic N) is 4. The van der Waals surface area contributed by atoms with Crippen LogP contribution in [0.5, 0.6) is 0 Å². The fraction of sp³-hybridized carbons (Fsp3) is 0.231. The van der Waals surface area contributed by atoms with E-state index < -0.39 is 29.2 Å². The fourth-order valence-corrected chi connectivity index (χ4v) is 3.80. The highest BCUT2D eigenvalue weighted by Gasteiger charge is 2.36. The van der Waals surface area contributed by atoms with E-state index in [-0.39, 0.29) is 12.1 Å². The van der Waals surface area contributed by atoms with Crippen molar-refractivity contribution < 1.29 is 14.0 Å². The Hall–Kier alpha value is -4.07. The minimum Gasteiger partial charge on any atom is -0.349 e. The quantitative estimate of drug-likeness (QED) is 0.467. The predicted octanol–water partition coefficient (Wildman–Crippen LogP) is 4.26. The summed E-state index contributed by atoms with van der Waals surface area (Å²) >= 11 is 0. The lowest BCUT2D eigenvalue weighted by molar-refractivity contribution is -0.128. The Balaban J connectivity index is 1.82. The summed E-state index contributed by atoms with van der Waals surface area (Å²) in [5.41, 5.74) is 1.32. The molecule has 0 aliphatic carbocycles. The number of hydrogen-bond acceptors (Lipinski definition) is 4. The van der Waals surface area contributed by atoms with Crippen LogP contribution in [0.3, 0.4) is 0 Å². The third-order valence-corrected chi connectivity index (χ3v) is 5.21. The summed E-state index contributed by atoms with van der Waals surface area (Å²) in [7, 11) is 0. The van der Waals surface area contributed by atoms with Crippen LogP contribution in [-0.4, -0.2) is 32.3 Å². The van der Waals surface area contributed by atoms with Gasteiger partial charge >= 0.3 is 0 Å². The van der Waals surface area contributed by atoms with E-state index in [0.717, 1.165) is 0 Å². The molecule has 0 aliphatic heterocycles. The van der Waals surface area contributed by atoms with E-state index in [9.17, 15) is 9.59 Å². The Labute approximate surface area is 197 Å². The van der Waals surface area contributed by atoms with Gasteiger partial charge < -0.3 is 5.32 Å². The largest absolute Gasteiger partial charge is 0.349 e. The van der Waals surface area contributed by atoms with Gasteiger partial charge in [-0.3, -0.25) is 14.5 Å². The minimum atomic E-state index is -1.23. The molecule has 0 saturated heterocycles. The first-order valence-electron chi connectivity index (χ1n) is 11.0. The number of carbonyl (C=O) groups excluding carboxylic acids is 2.